The Kier molecular flexibility index (Phi) is 5.87. The van der Waals surface area contributed by atoms with Crippen molar-refractivity contribution in [2.45, 2.75) is 38.9 Å². The fourth-order valence-corrected chi connectivity index (χ4v) is 3.32. The summed E-state index contributed by atoms with van der Waals surface area (Å²) in [6.07, 6.45) is 2.22. The summed E-state index contributed by atoms with van der Waals surface area (Å²) in [6.45, 7) is 5.95. The zero-order valence-electron chi connectivity index (χ0n) is 16.5. The van der Waals surface area contributed by atoms with E-state index in [4.69, 9.17) is 9.47 Å². The van der Waals surface area contributed by atoms with Crippen LogP contribution in [0.3, 0.4) is 0 Å². The first-order valence-corrected chi connectivity index (χ1v) is 10.2. The maximum absolute atomic E-state index is 12.5. The van der Waals surface area contributed by atoms with E-state index in [0.717, 1.165) is 24.5 Å². The summed E-state index contributed by atoms with van der Waals surface area (Å²) in [6, 6.07) is 3.02. The van der Waals surface area contributed by atoms with Crippen LogP contribution in [0.25, 0.3) is 0 Å². The van der Waals surface area contributed by atoms with Crippen molar-refractivity contribution >= 4 is 27.4 Å². The standard InChI is InChI=1S/C18H21NO9S/c1-17(2)9-15(16(21)18(3,4)28-17)26-10-14(20)12-7-6-11(27-29(5,24)25)8-13(12)19(22)23/h6-9H,10H2,1-5H3. The molecule has 1 heterocycles. The molecule has 0 saturated heterocycles. The van der Waals surface area contributed by atoms with Gasteiger partial charge in [-0.15, -0.1) is 0 Å². The number of rotatable bonds is 7. The van der Waals surface area contributed by atoms with Gasteiger partial charge in [0.1, 0.15) is 11.4 Å². The average Bonchev–Trinajstić information content (AvgIpc) is 2.54. The van der Waals surface area contributed by atoms with Crippen molar-refractivity contribution in [1.82, 2.24) is 0 Å². The van der Waals surface area contributed by atoms with Gasteiger partial charge in [0.25, 0.3) is 5.69 Å². The number of ketones is 2. The Bertz CT molecular complexity index is 1010. The number of Topliss-reactive ketones (excluding diaryl/α,β-unsaturated/α-hetero) is 2. The summed E-state index contributed by atoms with van der Waals surface area (Å²) < 4.78 is 38.0. The van der Waals surface area contributed by atoms with Gasteiger partial charge >= 0.3 is 10.1 Å². The van der Waals surface area contributed by atoms with Crippen LogP contribution in [0, 0.1) is 10.1 Å². The molecular weight excluding hydrogens is 406 g/mol. The van der Waals surface area contributed by atoms with Crippen LogP contribution in [0.4, 0.5) is 5.69 Å². The van der Waals surface area contributed by atoms with E-state index >= 15 is 0 Å². The van der Waals surface area contributed by atoms with E-state index in [1.165, 1.54) is 6.08 Å². The number of nitro groups is 1. The molecule has 0 fully saturated rings. The normalized spacial score (nSPS) is 18.0. The van der Waals surface area contributed by atoms with Gasteiger partial charge in [-0.2, -0.15) is 8.42 Å². The van der Waals surface area contributed by atoms with Gasteiger partial charge < -0.3 is 13.7 Å². The molecule has 1 aliphatic rings. The van der Waals surface area contributed by atoms with Crippen molar-refractivity contribution < 1.29 is 36.6 Å². The summed E-state index contributed by atoms with van der Waals surface area (Å²) in [4.78, 5) is 35.4. The second-order valence-corrected chi connectivity index (χ2v) is 9.06. The van der Waals surface area contributed by atoms with Crippen molar-refractivity contribution in [3.05, 3.63) is 45.7 Å². The fraction of sp³-hybridized carbons (Fsp3) is 0.444. The van der Waals surface area contributed by atoms with Gasteiger partial charge in [-0.25, -0.2) is 0 Å². The van der Waals surface area contributed by atoms with Crippen molar-refractivity contribution in [2.75, 3.05) is 12.9 Å². The molecule has 10 nitrogen and oxygen atoms in total. The molecule has 0 N–H and O–H groups in total. The summed E-state index contributed by atoms with van der Waals surface area (Å²) in [5, 5.41) is 11.3. The molecule has 158 valence electrons. The molecule has 1 aromatic rings. The second-order valence-electron chi connectivity index (χ2n) is 7.49. The van der Waals surface area contributed by atoms with Crippen LogP contribution in [0.15, 0.2) is 30.0 Å². The largest absolute Gasteiger partial charge is 0.482 e. The van der Waals surface area contributed by atoms with Gasteiger partial charge in [-0.05, 0) is 45.9 Å². The summed E-state index contributed by atoms with van der Waals surface area (Å²) in [7, 11) is -3.89. The minimum absolute atomic E-state index is 0.0701. The molecule has 0 saturated carbocycles. The number of nitro benzene ring substituents is 1. The number of carbonyl (C=O) groups is 2. The second kappa shape index (κ2) is 7.56. The highest BCUT2D eigenvalue weighted by atomic mass is 32.2. The zero-order chi connectivity index (χ0) is 22.2. The van der Waals surface area contributed by atoms with Crippen LogP contribution in [-0.2, 0) is 24.4 Å². The average molecular weight is 427 g/mol. The molecule has 0 aliphatic carbocycles. The van der Waals surface area contributed by atoms with Gasteiger partial charge in [0.15, 0.2) is 12.4 Å². The maximum atomic E-state index is 12.5. The predicted octanol–water partition coefficient (Wildman–Crippen LogP) is 2.17. The molecule has 0 radical (unpaired) electrons. The lowest BCUT2D eigenvalue weighted by molar-refractivity contribution is -0.385. The number of hydrogen-bond acceptors (Lipinski definition) is 9. The van der Waals surface area contributed by atoms with Gasteiger partial charge in [-0.1, -0.05) is 0 Å². The van der Waals surface area contributed by atoms with Gasteiger partial charge in [0.2, 0.25) is 11.6 Å². The minimum atomic E-state index is -3.89. The summed E-state index contributed by atoms with van der Waals surface area (Å²) >= 11 is 0. The van der Waals surface area contributed by atoms with Crippen molar-refractivity contribution in [1.29, 1.82) is 0 Å². The highest BCUT2D eigenvalue weighted by Gasteiger charge is 2.42. The Balaban J connectivity index is 2.26. The van der Waals surface area contributed by atoms with Crippen LogP contribution in [0.5, 0.6) is 5.75 Å². The van der Waals surface area contributed by atoms with E-state index in [1.807, 2.05) is 0 Å². The third-order valence-electron chi connectivity index (χ3n) is 3.84. The van der Waals surface area contributed by atoms with Crippen molar-refractivity contribution in [3.8, 4) is 5.75 Å². The maximum Gasteiger partial charge on any atom is 0.306 e. The molecule has 11 heteroatoms. The quantitative estimate of drug-likeness (QED) is 0.277. The molecule has 0 atom stereocenters. The van der Waals surface area contributed by atoms with Gasteiger partial charge in [-0.3, -0.25) is 19.7 Å². The number of ether oxygens (including phenoxy) is 2. The molecular formula is C18H21NO9S. The molecule has 0 bridgehead atoms. The zero-order valence-corrected chi connectivity index (χ0v) is 17.4. The SMILES string of the molecule is CC1(C)C=C(OCC(=O)c2ccc(OS(C)(=O)=O)cc2[N+](=O)[O-])C(=O)C(C)(C)O1. The smallest absolute Gasteiger partial charge is 0.306 e. The number of hydrogen-bond donors (Lipinski definition) is 0. The summed E-state index contributed by atoms with van der Waals surface area (Å²) in [5.74, 6) is -1.60. The Morgan fingerprint density at radius 3 is 2.41 bits per heavy atom. The van der Waals surface area contributed by atoms with E-state index in [-0.39, 0.29) is 17.1 Å². The monoisotopic (exact) mass is 427 g/mol. The number of carbonyl (C=O) groups excluding carboxylic acids is 2. The van der Waals surface area contributed by atoms with E-state index in [2.05, 4.69) is 4.18 Å². The molecule has 0 amide bonds. The van der Waals surface area contributed by atoms with Crippen LogP contribution in [0.2, 0.25) is 0 Å². The van der Waals surface area contributed by atoms with Crippen molar-refractivity contribution in [2.24, 2.45) is 0 Å². The predicted molar refractivity (Wildman–Crippen MR) is 101 cm³/mol. The number of nitrogens with zero attached hydrogens (tertiary/aromatic N) is 1. The van der Waals surface area contributed by atoms with Crippen LogP contribution < -0.4 is 4.18 Å². The lowest BCUT2D eigenvalue weighted by atomic mass is 9.93. The molecule has 0 aromatic heterocycles. The van der Waals surface area contributed by atoms with Crippen LogP contribution in [0.1, 0.15) is 38.1 Å². The Hall–Kier alpha value is -2.79. The summed E-state index contributed by atoms with van der Waals surface area (Å²) in [5.41, 5.74) is -2.93. The lowest BCUT2D eigenvalue weighted by Crippen LogP contribution is -2.47. The van der Waals surface area contributed by atoms with Crippen LogP contribution >= 0.6 is 0 Å². The number of benzene rings is 1. The highest BCUT2D eigenvalue weighted by molar-refractivity contribution is 7.86. The molecule has 0 spiro atoms. The molecule has 0 unspecified atom stereocenters. The first kappa shape index (κ1) is 22.5. The third-order valence-corrected chi connectivity index (χ3v) is 4.34. The lowest BCUT2D eigenvalue weighted by Gasteiger charge is -2.38. The van der Waals surface area contributed by atoms with E-state index < -0.39 is 50.1 Å². The van der Waals surface area contributed by atoms with E-state index in [1.54, 1.807) is 27.7 Å². The first-order chi connectivity index (χ1) is 13.1. The first-order valence-electron chi connectivity index (χ1n) is 8.43. The van der Waals surface area contributed by atoms with Crippen LogP contribution in [-0.4, -0.2) is 49.0 Å². The molecule has 1 aliphatic heterocycles. The highest BCUT2D eigenvalue weighted by Crippen LogP contribution is 2.32. The van der Waals surface area contributed by atoms with Crippen molar-refractivity contribution in [3.63, 3.8) is 0 Å². The topological polar surface area (TPSA) is 139 Å². The molecule has 29 heavy (non-hydrogen) atoms. The van der Waals surface area contributed by atoms with E-state index in [0.29, 0.717) is 0 Å². The van der Waals surface area contributed by atoms with Gasteiger partial charge in [0.05, 0.1) is 28.4 Å². The van der Waals surface area contributed by atoms with E-state index in [9.17, 15) is 28.1 Å². The minimum Gasteiger partial charge on any atom is -0.482 e. The fourth-order valence-electron chi connectivity index (χ4n) is 2.86. The molecule has 1 aromatic carbocycles. The molecule has 2 rings (SSSR count). The Morgan fingerprint density at radius 2 is 1.86 bits per heavy atom. The third kappa shape index (κ3) is 5.61. The Morgan fingerprint density at radius 1 is 1.24 bits per heavy atom. The Labute approximate surface area is 167 Å². The van der Waals surface area contributed by atoms with Gasteiger partial charge in [0, 0.05) is 0 Å².